The number of aromatic nitrogens is 4. The highest BCUT2D eigenvalue weighted by atomic mass is 79.9. The molecule has 0 saturated carbocycles. The number of rotatable bonds is 6. The van der Waals surface area contributed by atoms with Gasteiger partial charge in [-0.05, 0) is 24.3 Å². The minimum absolute atomic E-state index is 0.0233. The van der Waals surface area contributed by atoms with E-state index in [1.165, 1.54) is 0 Å². The molecule has 0 aliphatic heterocycles. The molecule has 12 heteroatoms. The lowest BCUT2D eigenvalue weighted by molar-refractivity contribution is -0.141. The Morgan fingerprint density at radius 1 is 1.06 bits per heavy atom. The number of nitrogens with one attached hydrogen (secondary N) is 2. The van der Waals surface area contributed by atoms with Crippen LogP contribution in [0.1, 0.15) is 21.9 Å². The second-order valence-corrected chi connectivity index (χ2v) is 7.57. The summed E-state index contributed by atoms with van der Waals surface area (Å²) in [4.78, 5) is 24.0. The first-order valence-electron chi connectivity index (χ1n) is 9.42. The van der Waals surface area contributed by atoms with Crippen LogP contribution >= 0.6 is 15.9 Å². The number of halogens is 4. The van der Waals surface area contributed by atoms with Gasteiger partial charge in [-0.3, -0.25) is 4.79 Å². The SMILES string of the molecule is O=C(NCc1nc(-c2cccc(Br)c2)no1)c1cnc(Nc2ccccc2)nc1C(F)(F)F. The first kappa shape index (κ1) is 22.4. The van der Waals surface area contributed by atoms with Crippen molar-refractivity contribution in [2.45, 2.75) is 12.7 Å². The summed E-state index contributed by atoms with van der Waals surface area (Å²) in [5.41, 5.74) is -0.929. The zero-order chi connectivity index (χ0) is 23.4. The Balaban J connectivity index is 1.49. The molecule has 0 bridgehead atoms. The quantitative estimate of drug-likeness (QED) is 0.370. The van der Waals surface area contributed by atoms with Crippen molar-refractivity contribution in [2.75, 3.05) is 5.32 Å². The van der Waals surface area contributed by atoms with E-state index in [0.717, 1.165) is 10.7 Å². The Morgan fingerprint density at radius 3 is 2.58 bits per heavy atom. The smallest absolute Gasteiger partial charge is 0.343 e. The van der Waals surface area contributed by atoms with Crippen LogP contribution in [0.3, 0.4) is 0 Å². The lowest BCUT2D eigenvalue weighted by atomic mass is 10.2. The van der Waals surface area contributed by atoms with Crippen LogP contribution in [-0.4, -0.2) is 26.0 Å². The van der Waals surface area contributed by atoms with Gasteiger partial charge in [0.25, 0.3) is 5.91 Å². The average molecular weight is 519 g/mol. The maximum absolute atomic E-state index is 13.6. The lowest BCUT2D eigenvalue weighted by Gasteiger charge is -2.13. The van der Waals surface area contributed by atoms with Gasteiger partial charge in [-0.15, -0.1) is 0 Å². The van der Waals surface area contributed by atoms with Crippen LogP contribution < -0.4 is 10.6 Å². The zero-order valence-corrected chi connectivity index (χ0v) is 18.2. The van der Waals surface area contributed by atoms with E-state index in [0.29, 0.717) is 11.3 Å². The number of alkyl halides is 3. The molecule has 0 fully saturated rings. The van der Waals surface area contributed by atoms with Crippen molar-refractivity contribution < 1.29 is 22.5 Å². The summed E-state index contributed by atoms with van der Waals surface area (Å²) in [5, 5.41) is 8.82. The maximum atomic E-state index is 13.6. The lowest BCUT2D eigenvalue weighted by Crippen LogP contribution is -2.27. The highest BCUT2D eigenvalue weighted by molar-refractivity contribution is 9.10. The van der Waals surface area contributed by atoms with E-state index in [2.05, 4.69) is 46.7 Å². The first-order valence-corrected chi connectivity index (χ1v) is 10.2. The normalized spacial score (nSPS) is 11.3. The molecule has 2 aromatic heterocycles. The van der Waals surface area contributed by atoms with E-state index in [4.69, 9.17) is 4.52 Å². The van der Waals surface area contributed by atoms with Crippen molar-refractivity contribution in [3.63, 3.8) is 0 Å². The Kier molecular flexibility index (Phi) is 6.36. The topological polar surface area (TPSA) is 106 Å². The Labute approximate surface area is 193 Å². The van der Waals surface area contributed by atoms with Crippen LogP contribution in [-0.2, 0) is 12.7 Å². The fraction of sp³-hybridized carbons (Fsp3) is 0.0952. The Bertz CT molecular complexity index is 1280. The van der Waals surface area contributed by atoms with Gasteiger partial charge in [0.1, 0.15) is 0 Å². The van der Waals surface area contributed by atoms with Crippen LogP contribution in [0, 0.1) is 0 Å². The number of hydrogen-bond donors (Lipinski definition) is 2. The number of nitrogens with zero attached hydrogens (tertiary/aromatic N) is 4. The maximum Gasteiger partial charge on any atom is 0.434 e. The molecule has 2 aromatic carbocycles. The number of para-hydroxylation sites is 1. The molecule has 0 radical (unpaired) electrons. The van der Waals surface area contributed by atoms with E-state index in [9.17, 15) is 18.0 Å². The van der Waals surface area contributed by atoms with Gasteiger partial charge >= 0.3 is 6.18 Å². The molecular weight excluding hydrogens is 505 g/mol. The van der Waals surface area contributed by atoms with Gasteiger partial charge in [-0.2, -0.15) is 18.2 Å². The van der Waals surface area contributed by atoms with Crippen LogP contribution in [0.15, 0.2) is 69.8 Å². The van der Waals surface area contributed by atoms with Crippen LogP contribution in [0.2, 0.25) is 0 Å². The van der Waals surface area contributed by atoms with E-state index >= 15 is 0 Å². The van der Waals surface area contributed by atoms with Crippen molar-refractivity contribution in [3.8, 4) is 11.4 Å². The minimum atomic E-state index is -4.87. The molecule has 0 spiro atoms. The van der Waals surface area contributed by atoms with Crippen LogP contribution in [0.25, 0.3) is 11.4 Å². The van der Waals surface area contributed by atoms with Crippen molar-refractivity contribution in [1.82, 2.24) is 25.4 Å². The fourth-order valence-electron chi connectivity index (χ4n) is 2.80. The summed E-state index contributed by atoms with van der Waals surface area (Å²) >= 11 is 3.34. The minimum Gasteiger partial charge on any atom is -0.343 e. The summed E-state index contributed by atoms with van der Waals surface area (Å²) in [6.45, 7) is -0.277. The summed E-state index contributed by atoms with van der Waals surface area (Å²) in [6.07, 6.45) is -4.06. The van der Waals surface area contributed by atoms with Crippen LogP contribution in [0.4, 0.5) is 24.8 Å². The van der Waals surface area contributed by atoms with Gasteiger partial charge in [0.15, 0.2) is 5.69 Å². The number of anilines is 2. The number of amides is 1. The predicted octanol–water partition coefficient (Wildman–Crippen LogP) is 4.98. The monoisotopic (exact) mass is 518 g/mol. The molecule has 2 N–H and O–H groups in total. The summed E-state index contributed by atoms with van der Waals surface area (Å²) < 4.78 is 46.6. The standard InChI is InChI=1S/C21H14BrF3N6O2/c22-13-6-4-5-12(9-13)18-29-16(33-31-18)11-26-19(32)15-10-27-20(30-17(15)21(23,24)25)28-14-7-2-1-3-8-14/h1-10H,11H2,(H,26,32)(H,27,28,30). The zero-order valence-electron chi connectivity index (χ0n) is 16.6. The third kappa shape index (κ3) is 5.52. The highest BCUT2D eigenvalue weighted by Gasteiger charge is 2.38. The van der Waals surface area contributed by atoms with Gasteiger partial charge in [0.2, 0.25) is 17.7 Å². The third-order valence-corrected chi connectivity index (χ3v) is 4.78. The second-order valence-electron chi connectivity index (χ2n) is 6.65. The molecule has 33 heavy (non-hydrogen) atoms. The molecule has 0 saturated heterocycles. The largest absolute Gasteiger partial charge is 0.434 e. The third-order valence-electron chi connectivity index (χ3n) is 4.28. The molecule has 0 aliphatic carbocycles. The van der Waals surface area contributed by atoms with Crippen LogP contribution in [0.5, 0.6) is 0 Å². The van der Waals surface area contributed by atoms with Gasteiger partial charge in [0, 0.05) is 21.9 Å². The van der Waals surface area contributed by atoms with E-state index in [1.807, 2.05) is 6.07 Å². The van der Waals surface area contributed by atoms with Crippen molar-refractivity contribution >= 4 is 33.5 Å². The number of carbonyl (C=O) groups excluding carboxylic acids is 1. The molecule has 0 atom stereocenters. The van der Waals surface area contributed by atoms with Crippen molar-refractivity contribution in [3.05, 3.63) is 82.4 Å². The highest BCUT2D eigenvalue weighted by Crippen LogP contribution is 2.31. The molecule has 0 unspecified atom stereocenters. The number of carbonyl (C=O) groups is 1. The molecule has 4 rings (SSSR count). The molecule has 8 nitrogen and oxygen atoms in total. The Hall–Kier alpha value is -3.80. The number of benzene rings is 2. The molecule has 168 valence electrons. The van der Waals surface area contributed by atoms with E-state index < -0.39 is 23.3 Å². The van der Waals surface area contributed by atoms with Gasteiger partial charge in [0.05, 0.1) is 12.1 Å². The molecule has 0 aliphatic rings. The van der Waals surface area contributed by atoms with E-state index in [-0.39, 0.29) is 24.2 Å². The molecule has 1 amide bonds. The van der Waals surface area contributed by atoms with Gasteiger partial charge in [-0.1, -0.05) is 51.4 Å². The summed E-state index contributed by atoms with van der Waals surface area (Å²) in [6, 6.07) is 15.6. The molecular formula is C21H14BrF3N6O2. The van der Waals surface area contributed by atoms with Gasteiger partial charge in [-0.25, -0.2) is 9.97 Å². The van der Waals surface area contributed by atoms with Crippen molar-refractivity contribution in [1.29, 1.82) is 0 Å². The molecule has 2 heterocycles. The summed E-state index contributed by atoms with van der Waals surface area (Å²) in [5.74, 6) is -1.03. The predicted molar refractivity (Wildman–Crippen MR) is 115 cm³/mol. The second kappa shape index (κ2) is 9.36. The fourth-order valence-corrected chi connectivity index (χ4v) is 3.20. The molecule has 4 aromatic rings. The Morgan fingerprint density at radius 2 is 1.85 bits per heavy atom. The number of hydrogen-bond acceptors (Lipinski definition) is 7. The first-order chi connectivity index (χ1) is 15.8. The van der Waals surface area contributed by atoms with E-state index in [1.54, 1.807) is 48.5 Å². The average Bonchev–Trinajstić information content (AvgIpc) is 3.27. The summed E-state index contributed by atoms with van der Waals surface area (Å²) in [7, 11) is 0. The van der Waals surface area contributed by atoms with Crippen molar-refractivity contribution in [2.24, 2.45) is 0 Å². The van der Waals surface area contributed by atoms with Gasteiger partial charge < -0.3 is 15.2 Å².